The number of carbonyl (C=O) groups excluding carboxylic acids is 2. The lowest BCUT2D eigenvalue weighted by molar-refractivity contribution is -0.139. The van der Waals surface area contributed by atoms with Crippen LogP contribution in [0.15, 0.2) is 18.2 Å². The zero-order valence-corrected chi connectivity index (χ0v) is 19.5. The van der Waals surface area contributed by atoms with Crippen molar-refractivity contribution in [2.24, 2.45) is 5.41 Å². The van der Waals surface area contributed by atoms with Crippen molar-refractivity contribution in [3.63, 3.8) is 0 Å². The quantitative estimate of drug-likeness (QED) is 0.264. The number of nitrogens with zero attached hydrogens (tertiary/aromatic N) is 2. The lowest BCUT2D eigenvalue weighted by Gasteiger charge is -2.27. The van der Waals surface area contributed by atoms with Crippen LogP contribution in [0.25, 0.3) is 0 Å². The van der Waals surface area contributed by atoms with Crippen molar-refractivity contribution in [3.05, 3.63) is 29.3 Å². The number of fused-ring (bicyclic) bond motifs is 1. The first-order valence-electron chi connectivity index (χ1n) is 10.6. The summed E-state index contributed by atoms with van der Waals surface area (Å²) in [5.74, 6) is -2.28. The summed E-state index contributed by atoms with van der Waals surface area (Å²) >= 11 is 0. The number of anilines is 1. The molecular weight excluding hydrogens is 454 g/mol. The second-order valence-electron chi connectivity index (χ2n) is 8.81. The monoisotopic (exact) mass is 483 g/mol. The number of morpholine rings is 1. The van der Waals surface area contributed by atoms with Crippen LogP contribution in [0.5, 0.6) is 0 Å². The van der Waals surface area contributed by atoms with Crippen molar-refractivity contribution in [1.82, 2.24) is 9.80 Å². The van der Waals surface area contributed by atoms with Gasteiger partial charge in [0.05, 0.1) is 36.5 Å². The smallest absolute Gasteiger partial charge is 0.303 e. The fraction of sp³-hybridized carbons (Fsp3) is 0.571. The summed E-state index contributed by atoms with van der Waals surface area (Å²) in [6.07, 6.45) is -0.207. The van der Waals surface area contributed by atoms with E-state index in [1.165, 1.54) is 6.07 Å². The number of hydrogen-bond donors (Lipinski definition) is 2. The van der Waals surface area contributed by atoms with Gasteiger partial charge in [0, 0.05) is 31.9 Å². The number of nitrogens with one attached hydrogen (secondary N) is 1. The van der Waals surface area contributed by atoms with Crippen molar-refractivity contribution in [2.45, 2.75) is 20.3 Å². The van der Waals surface area contributed by atoms with Crippen LogP contribution in [-0.4, -0.2) is 93.0 Å². The number of carboxylic acid groups (broad SMARTS) is 1. The number of ether oxygens (including phenoxy) is 1. The Morgan fingerprint density at radius 2 is 1.91 bits per heavy atom. The van der Waals surface area contributed by atoms with Gasteiger partial charge in [0.1, 0.15) is 6.73 Å². The largest absolute Gasteiger partial charge is 0.481 e. The molecule has 11 nitrogen and oxygen atoms in total. The second-order valence-corrected chi connectivity index (χ2v) is 10.6. The molecule has 0 aromatic heterocycles. The van der Waals surface area contributed by atoms with Gasteiger partial charge in [-0.1, -0.05) is 19.9 Å². The Hall–Kier alpha value is -2.54. The number of aliphatic carboxylic acids is 1. The molecule has 182 valence electrons. The molecule has 1 fully saturated rings. The van der Waals surface area contributed by atoms with E-state index >= 15 is 0 Å². The van der Waals surface area contributed by atoms with E-state index in [1.54, 1.807) is 26.0 Å². The number of hydrogen-bond acceptors (Lipinski definition) is 9. The molecule has 0 saturated carbocycles. The molecular formula is C21H29N3O8S. The van der Waals surface area contributed by atoms with Crippen LogP contribution in [0.4, 0.5) is 5.69 Å². The minimum absolute atomic E-state index is 0.0580. The topological polar surface area (TPSA) is 143 Å². The third-order valence-electron chi connectivity index (χ3n) is 5.48. The standard InChI is InChI=1S/C21H29N3O8S/c1-21(2,12-17(25)26)13-24-19(27)15-4-3-5-16(18(15)20(24)28)22-14-32-33(29,30)11-8-23-6-9-31-10-7-23/h3-5,22H,6-14H2,1-2H3,(H,25,26). The predicted molar refractivity (Wildman–Crippen MR) is 118 cm³/mol. The highest BCUT2D eigenvalue weighted by atomic mass is 32.2. The van der Waals surface area contributed by atoms with Gasteiger partial charge in [-0.15, -0.1) is 0 Å². The molecule has 2 N–H and O–H groups in total. The van der Waals surface area contributed by atoms with Crippen molar-refractivity contribution in [1.29, 1.82) is 0 Å². The Morgan fingerprint density at radius 3 is 2.58 bits per heavy atom. The molecule has 2 aliphatic heterocycles. The fourth-order valence-corrected chi connectivity index (χ4v) is 4.68. The molecule has 1 saturated heterocycles. The first-order valence-corrected chi connectivity index (χ1v) is 12.2. The summed E-state index contributed by atoms with van der Waals surface area (Å²) in [4.78, 5) is 39.8. The summed E-state index contributed by atoms with van der Waals surface area (Å²) < 4.78 is 34.7. The number of carbonyl (C=O) groups is 3. The summed E-state index contributed by atoms with van der Waals surface area (Å²) in [5.41, 5.74) is -0.258. The van der Waals surface area contributed by atoms with E-state index in [2.05, 4.69) is 5.32 Å². The van der Waals surface area contributed by atoms with Gasteiger partial charge >= 0.3 is 5.97 Å². The average molecular weight is 484 g/mol. The minimum atomic E-state index is -3.80. The van der Waals surface area contributed by atoms with Gasteiger partial charge < -0.3 is 15.2 Å². The molecule has 0 aliphatic carbocycles. The number of carboxylic acids is 1. The molecule has 2 aliphatic rings. The highest BCUT2D eigenvalue weighted by molar-refractivity contribution is 7.86. The Bertz CT molecular complexity index is 1020. The lowest BCUT2D eigenvalue weighted by atomic mass is 9.89. The van der Waals surface area contributed by atoms with E-state index in [4.69, 9.17) is 14.0 Å². The van der Waals surface area contributed by atoms with Gasteiger partial charge in [0.2, 0.25) is 0 Å². The van der Waals surface area contributed by atoms with Gasteiger partial charge in [-0.25, -0.2) is 4.18 Å². The summed E-state index contributed by atoms with van der Waals surface area (Å²) in [7, 11) is -3.80. The minimum Gasteiger partial charge on any atom is -0.481 e. The Morgan fingerprint density at radius 1 is 1.21 bits per heavy atom. The van der Waals surface area contributed by atoms with E-state index in [1.807, 2.05) is 4.90 Å². The summed E-state index contributed by atoms with van der Waals surface area (Å²) in [6, 6.07) is 4.63. The first-order chi connectivity index (χ1) is 15.5. The van der Waals surface area contributed by atoms with Crippen molar-refractivity contribution in [2.75, 3.05) is 57.2 Å². The van der Waals surface area contributed by atoms with E-state index < -0.39 is 40.0 Å². The number of amides is 2. The van der Waals surface area contributed by atoms with E-state index in [0.29, 0.717) is 32.8 Å². The summed E-state index contributed by atoms with van der Waals surface area (Å²) in [6.45, 7) is 5.68. The normalized spacial score (nSPS) is 17.3. The van der Waals surface area contributed by atoms with E-state index in [9.17, 15) is 22.8 Å². The Labute approximate surface area is 192 Å². The molecule has 1 aromatic rings. The van der Waals surface area contributed by atoms with Crippen LogP contribution < -0.4 is 5.32 Å². The van der Waals surface area contributed by atoms with Crippen molar-refractivity contribution < 1.29 is 36.8 Å². The number of imide groups is 1. The first kappa shape index (κ1) is 25.1. The maximum Gasteiger partial charge on any atom is 0.303 e. The third kappa shape index (κ3) is 6.50. The van der Waals surface area contributed by atoms with Crippen LogP contribution in [0, 0.1) is 5.41 Å². The Balaban J connectivity index is 1.61. The van der Waals surface area contributed by atoms with Crippen LogP contribution in [-0.2, 0) is 23.8 Å². The molecule has 1 aromatic carbocycles. The molecule has 0 spiro atoms. The van der Waals surface area contributed by atoms with Crippen molar-refractivity contribution in [3.8, 4) is 0 Å². The predicted octanol–water partition coefficient (Wildman–Crippen LogP) is 0.832. The van der Waals surface area contributed by atoms with Gasteiger partial charge in [0.15, 0.2) is 0 Å². The third-order valence-corrected chi connectivity index (χ3v) is 6.64. The fourth-order valence-electron chi connectivity index (χ4n) is 3.84. The molecule has 2 heterocycles. The van der Waals surface area contributed by atoms with Gasteiger partial charge in [-0.3, -0.25) is 24.2 Å². The van der Waals surface area contributed by atoms with Crippen LogP contribution in [0.3, 0.4) is 0 Å². The Kier molecular flexibility index (Phi) is 7.73. The van der Waals surface area contributed by atoms with Gasteiger partial charge in [-0.2, -0.15) is 8.42 Å². The molecule has 12 heteroatoms. The number of benzene rings is 1. The molecule has 33 heavy (non-hydrogen) atoms. The van der Waals surface area contributed by atoms with Crippen LogP contribution in [0.1, 0.15) is 41.0 Å². The van der Waals surface area contributed by atoms with E-state index in [0.717, 1.165) is 4.90 Å². The lowest BCUT2D eigenvalue weighted by Crippen LogP contribution is -2.39. The van der Waals surface area contributed by atoms with E-state index in [-0.39, 0.29) is 35.5 Å². The van der Waals surface area contributed by atoms with Crippen LogP contribution >= 0.6 is 0 Å². The molecule has 0 atom stereocenters. The molecule has 2 amide bonds. The molecule has 0 radical (unpaired) electrons. The molecule has 0 bridgehead atoms. The molecule has 3 rings (SSSR count). The SMILES string of the molecule is CC(C)(CC(=O)O)CN1C(=O)c2cccc(NCOS(=O)(=O)CCN3CCOCC3)c2C1=O. The average Bonchev–Trinajstić information content (AvgIpc) is 2.97. The number of rotatable bonds is 11. The summed E-state index contributed by atoms with van der Waals surface area (Å²) in [5, 5.41) is 11.9. The van der Waals surface area contributed by atoms with Crippen LogP contribution in [0.2, 0.25) is 0 Å². The van der Waals surface area contributed by atoms with Crippen molar-refractivity contribution >= 4 is 33.6 Å². The second kappa shape index (κ2) is 10.2. The maximum atomic E-state index is 13.0. The zero-order valence-electron chi connectivity index (χ0n) is 18.7. The highest BCUT2D eigenvalue weighted by Crippen LogP contribution is 2.32. The zero-order chi connectivity index (χ0) is 24.2. The highest BCUT2D eigenvalue weighted by Gasteiger charge is 2.40. The van der Waals surface area contributed by atoms with Gasteiger partial charge in [-0.05, 0) is 17.5 Å². The molecule has 0 unspecified atom stereocenters. The maximum absolute atomic E-state index is 13.0. The van der Waals surface area contributed by atoms with Gasteiger partial charge in [0.25, 0.3) is 21.9 Å².